The van der Waals surface area contributed by atoms with E-state index in [4.69, 9.17) is 28.4 Å². The molecule has 3 rings (SSSR count). The van der Waals surface area contributed by atoms with Gasteiger partial charge in [-0.2, -0.15) is 0 Å². The molecule has 17 atom stereocenters. The van der Waals surface area contributed by atoms with E-state index in [2.05, 4.69) is 5.32 Å². The van der Waals surface area contributed by atoms with Gasteiger partial charge >= 0.3 is 5.97 Å². The molecule has 0 aliphatic carbocycles. The third-order valence-electron chi connectivity index (χ3n) is 11.5. The fraction of sp³-hybridized carbons (Fsp3) is 0.972. The second kappa shape index (κ2) is 17.2. The fourth-order valence-corrected chi connectivity index (χ4v) is 8.18. The molecule has 13 nitrogen and oxygen atoms in total. The molecule has 13 heteroatoms. The van der Waals surface area contributed by atoms with Crippen LogP contribution in [0, 0.1) is 23.7 Å². The van der Waals surface area contributed by atoms with Gasteiger partial charge in [0.05, 0.1) is 48.1 Å². The average Bonchev–Trinajstić information content (AvgIpc) is 3.03. The molecule has 288 valence electrons. The molecule has 0 bridgehead atoms. The highest BCUT2D eigenvalue weighted by Gasteiger charge is 2.52. The van der Waals surface area contributed by atoms with E-state index in [1.807, 2.05) is 34.6 Å². The lowest BCUT2D eigenvalue weighted by molar-refractivity contribution is -0.310. The van der Waals surface area contributed by atoms with Gasteiger partial charge in [-0.05, 0) is 86.6 Å². The number of nitrogens with one attached hydrogen (secondary N) is 1. The summed E-state index contributed by atoms with van der Waals surface area (Å²) in [7, 11) is 1.57. The first-order chi connectivity index (χ1) is 22.7. The SMILES string of the molecule is CC[C@H]1OC(=O)[C@H](C)[C@@H](O[C@H]2C[C@@](C)(OC)C(CO)[C@H](C)O2)[C@H](C)[C@@H](OC2O[C@H](C)CC[C@H]2O)[C@](C)(O)C[C@@H](C)CN[C@H](C)[C@@H](O)[C@]1(C)O. The molecule has 0 saturated carbocycles. The van der Waals surface area contributed by atoms with Crippen LogP contribution in [0.1, 0.15) is 101 Å². The summed E-state index contributed by atoms with van der Waals surface area (Å²) in [6.07, 6.45) is -5.90. The van der Waals surface area contributed by atoms with Gasteiger partial charge in [0.1, 0.15) is 23.9 Å². The molecule has 0 spiro atoms. The maximum Gasteiger partial charge on any atom is 0.311 e. The van der Waals surface area contributed by atoms with Crippen LogP contribution in [-0.4, -0.2) is 130 Å². The zero-order chi connectivity index (χ0) is 37.1. The number of hydrogen-bond donors (Lipinski definition) is 6. The van der Waals surface area contributed by atoms with Crippen molar-refractivity contribution >= 4 is 5.97 Å². The van der Waals surface area contributed by atoms with E-state index in [1.54, 1.807) is 34.8 Å². The molecule has 0 radical (unpaired) electrons. The maximum atomic E-state index is 14.1. The molecule has 6 N–H and O–H groups in total. The van der Waals surface area contributed by atoms with Crippen LogP contribution in [0.25, 0.3) is 0 Å². The highest BCUT2D eigenvalue weighted by atomic mass is 16.7. The topological polar surface area (TPSA) is 186 Å². The van der Waals surface area contributed by atoms with Crippen LogP contribution in [0.15, 0.2) is 0 Å². The van der Waals surface area contributed by atoms with Crippen molar-refractivity contribution in [2.45, 2.75) is 179 Å². The monoisotopic (exact) mass is 705 g/mol. The van der Waals surface area contributed by atoms with Crippen LogP contribution < -0.4 is 5.32 Å². The van der Waals surface area contributed by atoms with Gasteiger partial charge < -0.3 is 59.3 Å². The van der Waals surface area contributed by atoms with Crippen molar-refractivity contribution in [1.29, 1.82) is 0 Å². The Bertz CT molecular complexity index is 1050. The third kappa shape index (κ3) is 9.92. The second-order valence-corrected chi connectivity index (χ2v) is 15.9. The van der Waals surface area contributed by atoms with Gasteiger partial charge in [0.25, 0.3) is 0 Å². The predicted molar refractivity (Wildman–Crippen MR) is 181 cm³/mol. The van der Waals surface area contributed by atoms with Crippen LogP contribution in [-0.2, 0) is 33.2 Å². The van der Waals surface area contributed by atoms with Crippen LogP contribution in [0.2, 0.25) is 0 Å². The normalized spacial score (nSPS) is 49.8. The summed E-state index contributed by atoms with van der Waals surface area (Å²) in [6.45, 7) is 18.0. The number of hydrogen-bond acceptors (Lipinski definition) is 13. The van der Waals surface area contributed by atoms with Crippen LogP contribution in [0.5, 0.6) is 0 Å². The zero-order valence-electron chi connectivity index (χ0n) is 31.6. The Morgan fingerprint density at radius 3 is 2.20 bits per heavy atom. The fourth-order valence-electron chi connectivity index (χ4n) is 8.18. The highest BCUT2D eigenvalue weighted by molar-refractivity contribution is 5.73. The first-order valence-electron chi connectivity index (χ1n) is 18.2. The molecule has 3 aliphatic heterocycles. The standard InChI is InChI=1S/C36H67NO12/c1-12-27-36(10,43)30(40)23(6)37-17-19(2)15-34(8,42)31(49-33-26(39)14-13-20(3)45-33)21(4)29(22(5)32(41)47-27)48-28-16-35(9,44-11)25(18-38)24(7)46-28/h19-31,33,37-40,42-43H,12-18H2,1-11H3/t19-,20-,21+,22-,23-,24+,25?,26-,27-,28+,29+,30-,31-,33?,34-,35-,36-/m1/s1. The minimum absolute atomic E-state index is 0.133. The van der Waals surface area contributed by atoms with Crippen LogP contribution in [0.4, 0.5) is 0 Å². The van der Waals surface area contributed by atoms with Crippen molar-refractivity contribution in [1.82, 2.24) is 5.32 Å². The van der Waals surface area contributed by atoms with Crippen molar-refractivity contribution in [3.05, 3.63) is 0 Å². The Morgan fingerprint density at radius 2 is 1.61 bits per heavy atom. The number of aliphatic hydroxyl groups excluding tert-OH is 3. The summed E-state index contributed by atoms with van der Waals surface area (Å²) in [5.74, 6) is -2.82. The molecular formula is C36H67NO12. The lowest BCUT2D eigenvalue weighted by atomic mass is 9.77. The second-order valence-electron chi connectivity index (χ2n) is 15.9. The molecular weight excluding hydrogens is 638 g/mol. The van der Waals surface area contributed by atoms with Gasteiger partial charge in [0.2, 0.25) is 0 Å². The molecule has 3 heterocycles. The number of carbonyl (C=O) groups is 1. The first-order valence-corrected chi connectivity index (χ1v) is 18.2. The van der Waals surface area contributed by atoms with E-state index in [9.17, 15) is 30.3 Å². The maximum absolute atomic E-state index is 14.1. The quantitative estimate of drug-likeness (QED) is 0.212. The van der Waals surface area contributed by atoms with E-state index < -0.39 is 89.9 Å². The van der Waals surface area contributed by atoms with Gasteiger partial charge in [0.15, 0.2) is 12.6 Å². The first kappa shape index (κ1) is 42.4. The molecule has 3 aliphatic rings. The van der Waals surface area contributed by atoms with E-state index in [0.717, 1.165) is 0 Å². The Kier molecular flexibility index (Phi) is 14.9. The average molecular weight is 706 g/mol. The molecule has 3 fully saturated rings. The zero-order valence-corrected chi connectivity index (χ0v) is 31.6. The Labute approximate surface area is 293 Å². The predicted octanol–water partition coefficient (Wildman–Crippen LogP) is 2.27. The molecule has 3 saturated heterocycles. The van der Waals surface area contributed by atoms with Crippen LogP contribution >= 0.6 is 0 Å². The Morgan fingerprint density at radius 1 is 0.959 bits per heavy atom. The smallest absolute Gasteiger partial charge is 0.311 e. The number of methoxy groups -OCH3 is 1. The Hall–Kier alpha value is -0.970. The minimum atomic E-state index is -1.79. The van der Waals surface area contributed by atoms with E-state index in [0.29, 0.717) is 19.4 Å². The van der Waals surface area contributed by atoms with Crippen molar-refractivity contribution in [3.8, 4) is 0 Å². The molecule has 0 aromatic carbocycles. The van der Waals surface area contributed by atoms with Crippen molar-refractivity contribution in [2.24, 2.45) is 23.7 Å². The van der Waals surface area contributed by atoms with Crippen molar-refractivity contribution in [3.63, 3.8) is 0 Å². The molecule has 0 aromatic heterocycles. The molecule has 2 unspecified atom stereocenters. The van der Waals surface area contributed by atoms with Gasteiger partial charge in [-0.15, -0.1) is 0 Å². The van der Waals surface area contributed by atoms with Crippen molar-refractivity contribution in [2.75, 3.05) is 20.3 Å². The Balaban J connectivity index is 2.12. The van der Waals surface area contributed by atoms with Gasteiger partial charge in [0, 0.05) is 31.4 Å². The highest BCUT2D eigenvalue weighted by Crippen LogP contribution is 2.41. The summed E-state index contributed by atoms with van der Waals surface area (Å²) < 4.78 is 37.4. The lowest BCUT2D eigenvalue weighted by Crippen LogP contribution is -2.59. The molecule has 0 amide bonds. The number of rotatable bonds is 7. The largest absolute Gasteiger partial charge is 0.459 e. The third-order valence-corrected chi connectivity index (χ3v) is 11.5. The van der Waals surface area contributed by atoms with E-state index in [-0.39, 0.29) is 43.8 Å². The molecule has 49 heavy (non-hydrogen) atoms. The number of aliphatic hydroxyl groups is 5. The summed E-state index contributed by atoms with van der Waals surface area (Å²) in [4.78, 5) is 14.1. The van der Waals surface area contributed by atoms with Gasteiger partial charge in [-0.3, -0.25) is 4.79 Å². The van der Waals surface area contributed by atoms with E-state index in [1.165, 1.54) is 6.92 Å². The summed E-state index contributed by atoms with van der Waals surface area (Å²) >= 11 is 0. The van der Waals surface area contributed by atoms with Crippen molar-refractivity contribution < 1.29 is 58.7 Å². The summed E-state index contributed by atoms with van der Waals surface area (Å²) in [5.41, 5.74) is -4.10. The number of esters is 1. The molecule has 0 aromatic rings. The number of ether oxygens (including phenoxy) is 6. The van der Waals surface area contributed by atoms with Gasteiger partial charge in [-0.1, -0.05) is 20.8 Å². The van der Waals surface area contributed by atoms with Crippen LogP contribution in [0.3, 0.4) is 0 Å². The summed E-state index contributed by atoms with van der Waals surface area (Å²) in [5, 5.41) is 59.4. The number of cyclic esters (lactones) is 1. The lowest BCUT2D eigenvalue weighted by Gasteiger charge is -2.49. The number of carbonyl (C=O) groups excluding carboxylic acids is 1. The summed E-state index contributed by atoms with van der Waals surface area (Å²) in [6, 6.07) is -0.574. The van der Waals surface area contributed by atoms with Gasteiger partial charge in [-0.25, -0.2) is 0 Å². The van der Waals surface area contributed by atoms with E-state index >= 15 is 0 Å². The minimum Gasteiger partial charge on any atom is -0.459 e.